The zero-order chi connectivity index (χ0) is 41.2. The second-order valence-corrected chi connectivity index (χ2v) is 17.1. The van der Waals surface area contributed by atoms with Gasteiger partial charge in [-0.05, 0) is 131 Å². The third kappa shape index (κ3) is 4.67. The molecule has 0 saturated carbocycles. The number of benzene rings is 11. The highest BCUT2D eigenvalue weighted by atomic mass is 16.3. The zero-order valence-corrected chi connectivity index (χ0v) is 34.2. The van der Waals surface area contributed by atoms with E-state index in [0.717, 1.165) is 50.1 Å². The van der Waals surface area contributed by atoms with E-state index >= 15 is 0 Å². The van der Waals surface area contributed by atoms with Crippen LogP contribution >= 0.6 is 0 Å². The van der Waals surface area contributed by atoms with Crippen LogP contribution in [-0.2, 0) is 5.41 Å². The van der Waals surface area contributed by atoms with Crippen molar-refractivity contribution in [3.05, 3.63) is 247 Å². The smallest absolute Gasteiger partial charge is 0.136 e. The highest BCUT2D eigenvalue weighted by Gasteiger charge is 2.52. The molecule has 0 saturated heterocycles. The van der Waals surface area contributed by atoms with Gasteiger partial charge in [-0.25, -0.2) is 0 Å². The van der Waals surface area contributed by atoms with Crippen molar-refractivity contribution in [2.24, 2.45) is 0 Å². The fraction of sp³-hybridized carbons (Fsp3) is 0.0164. The van der Waals surface area contributed by atoms with Crippen LogP contribution in [-0.4, -0.2) is 0 Å². The largest absolute Gasteiger partial charge is 0.456 e. The summed E-state index contributed by atoms with van der Waals surface area (Å²) in [7, 11) is 0. The van der Waals surface area contributed by atoms with E-state index in [1.807, 2.05) is 12.1 Å². The fourth-order valence-corrected chi connectivity index (χ4v) is 11.5. The average molecular weight is 800 g/mol. The molecule has 0 atom stereocenters. The Morgan fingerprint density at radius 3 is 1.51 bits per heavy atom. The van der Waals surface area contributed by atoms with Gasteiger partial charge in [-0.2, -0.15) is 0 Å². The van der Waals surface area contributed by atoms with Crippen molar-refractivity contribution >= 4 is 71.3 Å². The molecular formula is C61H37NO. The van der Waals surface area contributed by atoms with E-state index in [0.29, 0.717) is 0 Å². The van der Waals surface area contributed by atoms with E-state index in [2.05, 4.69) is 217 Å². The van der Waals surface area contributed by atoms with Crippen LogP contribution in [0.3, 0.4) is 0 Å². The summed E-state index contributed by atoms with van der Waals surface area (Å²) < 4.78 is 6.41. The maximum Gasteiger partial charge on any atom is 0.136 e. The summed E-state index contributed by atoms with van der Waals surface area (Å²) in [6.45, 7) is 0. The van der Waals surface area contributed by atoms with Gasteiger partial charge in [-0.15, -0.1) is 0 Å². The molecule has 0 aliphatic heterocycles. The molecule has 2 aliphatic carbocycles. The first-order valence-electron chi connectivity index (χ1n) is 21.8. The number of para-hydroxylation sites is 1. The van der Waals surface area contributed by atoms with Gasteiger partial charge in [0.2, 0.25) is 0 Å². The fourth-order valence-electron chi connectivity index (χ4n) is 11.5. The summed E-state index contributed by atoms with van der Waals surface area (Å²) in [5, 5.41) is 9.82. The Labute approximate surface area is 364 Å². The van der Waals surface area contributed by atoms with E-state index in [1.54, 1.807) is 0 Å². The van der Waals surface area contributed by atoms with Crippen LogP contribution in [0.2, 0.25) is 0 Å². The minimum absolute atomic E-state index is 0.455. The normalized spacial score (nSPS) is 13.2. The Hall–Kier alpha value is -8.20. The Morgan fingerprint density at radius 1 is 0.302 bits per heavy atom. The van der Waals surface area contributed by atoms with E-state index in [9.17, 15) is 0 Å². The highest BCUT2D eigenvalue weighted by molar-refractivity contribution is 6.26. The predicted octanol–water partition coefficient (Wildman–Crippen LogP) is 16.5. The molecule has 2 aliphatic rings. The summed E-state index contributed by atoms with van der Waals surface area (Å²) in [5.41, 5.74) is 17.4. The number of hydrogen-bond donors (Lipinski definition) is 0. The van der Waals surface area contributed by atoms with Crippen molar-refractivity contribution in [1.82, 2.24) is 0 Å². The van der Waals surface area contributed by atoms with Crippen molar-refractivity contribution in [1.29, 1.82) is 0 Å². The molecule has 292 valence electrons. The van der Waals surface area contributed by atoms with Crippen molar-refractivity contribution in [2.45, 2.75) is 5.41 Å². The molecule has 0 radical (unpaired) electrons. The average Bonchev–Trinajstić information content (AvgIpc) is 3.98. The number of rotatable bonds is 4. The van der Waals surface area contributed by atoms with Gasteiger partial charge in [0.15, 0.2) is 0 Å². The summed E-state index contributed by atoms with van der Waals surface area (Å²) >= 11 is 0. The standard InChI is InChI=1S/C61H37NO/c1-2-19-44-42(17-1)43-18-3-4-20-45(43)52-37-41(32-34-46(44)52)62(40-16-13-15-38(35-40)39-31-33-50-49-23-8-12-30-58(49)63-59(50)36-39)57-29-14-28-56-60(57)51-24-7-11-27-55(51)61(56)53-25-9-5-21-47(53)48-22-6-10-26-54(48)61/h1-37H. The number of hydrogen-bond acceptors (Lipinski definition) is 2. The maximum absolute atomic E-state index is 6.41. The third-order valence-corrected chi connectivity index (χ3v) is 14.0. The molecule has 12 aromatic rings. The number of anilines is 3. The first-order valence-corrected chi connectivity index (χ1v) is 21.8. The van der Waals surface area contributed by atoms with Crippen LogP contribution in [0.4, 0.5) is 17.1 Å². The predicted molar refractivity (Wildman–Crippen MR) is 263 cm³/mol. The van der Waals surface area contributed by atoms with Gasteiger partial charge in [0.25, 0.3) is 0 Å². The lowest BCUT2D eigenvalue weighted by molar-refractivity contribution is 0.669. The summed E-state index contributed by atoms with van der Waals surface area (Å²) in [4.78, 5) is 2.51. The number of nitrogens with zero attached hydrogens (tertiary/aromatic N) is 1. The number of furan rings is 1. The van der Waals surface area contributed by atoms with Crippen molar-refractivity contribution < 1.29 is 4.42 Å². The Balaban J connectivity index is 1.05. The second kappa shape index (κ2) is 12.9. The lowest BCUT2D eigenvalue weighted by Crippen LogP contribution is -2.26. The topological polar surface area (TPSA) is 16.4 Å². The monoisotopic (exact) mass is 799 g/mol. The van der Waals surface area contributed by atoms with Crippen LogP contribution in [0.15, 0.2) is 229 Å². The molecule has 0 N–H and O–H groups in total. The Kier molecular flexibility index (Phi) is 7.07. The molecule has 0 amide bonds. The van der Waals surface area contributed by atoms with Crippen LogP contribution in [0.1, 0.15) is 22.3 Å². The van der Waals surface area contributed by atoms with Gasteiger partial charge < -0.3 is 9.32 Å². The van der Waals surface area contributed by atoms with Gasteiger partial charge in [0, 0.05) is 27.7 Å². The van der Waals surface area contributed by atoms with Crippen LogP contribution in [0, 0.1) is 0 Å². The molecule has 1 aromatic heterocycles. The van der Waals surface area contributed by atoms with E-state index in [1.165, 1.54) is 76.8 Å². The summed E-state index contributed by atoms with van der Waals surface area (Å²) in [6.07, 6.45) is 0. The SMILES string of the molecule is c1cc(-c2ccc3c(c2)oc2ccccc23)cc(N(c2ccc3c4ccccc4c4ccccc4c3c2)c2cccc3c2-c2ccccc2C32c3ccccc3-c3ccccc32)c1. The first-order chi connectivity index (χ1) is 31.3. The van der Waals surface area contributed by atoms with Crippen LogP contribution in [0.5, 0.6) is 0 Å². The molecule has 14 rings (SSSR count). The van der Waals surface area contributed by atoms with Gasteiger partial charge in [-0.3, -0.25) is 0 Å². The van der Waals surface area contributed by atoms with Gasteiger partial charge in [-0.1, -0.05) is 176 Å². The minimum atomic E-state index is -0.455. The molecule has 0 unspecified atom stereocenters. The van der Waals surface area contributed by atoms with Gasteiger partial charge >= 0.3 is 0 Å². The molecule has 0 bridgehead atoms. The molecule has 11 aromatic carbocycles. The summed E-state index contributed by atoms with van der Waals surface area (Å²) in [5.74, 6) is 0. The van der Waals surface area contributed by atoms with Crippen molar-refractivity contribution in [2.75, 3.05) is 4.90 Å². The first kappa shape index (κ1) is 34.5. The molecule has 2 nitrogen and oxygen atoms in total. The molecule has 2 heteroatoms. The zero-order valence-electron chi connectivity index (χ0n) is 34.2. The third-order valence-electron chi connectivity index (χ3n) is 14.0. The van der Waals surface area contributed by atoms with Crippen molar-refractivity contribution in [3.63, 3.8) is 0 Å². The van der Waals surface area contributed by atoms with E-state index in [4.69, 9.17) is 4.42 Å². The molecule has 0 fully saturated rings. The van der Waals surface area contributed by atoms with Gasteiger partial charge in [0.1, 0.15) is 11.2 Å². The van der Waals surface area contributed by atoms with Gasteiger partial charge in [0.05, 0.1) is 11.1 Å². The lowest BCUT2D eigenvalue weighted by atomic mass is 9.70. The quantitative estimate of drug-likeness (QED) is 0.165. The Morgan fingerprint density at radius 2 is 0.794 bits per heavy atom. The Bertz CT molecular complexity index is 3810. The lowest BCUT2D eigenvalue weighted by Gasteiger charge is -2.32. The maximum atomic E-state index is 6.41. The van der Waals surface area contributed by atoms with E-state index in [-0.39, 0.29) is 0 Å². The van der Waals surface area contributed by atoms with Crippen LogP contribution < -0.4 is 4.90 Å². The van der Waals surface area contributed by atoms with E-state index < -0.39 is 5.41 Å². The van der Waals surface area contributed by atoms with Crippen molar-refractivity contribution in [3.8, 4) is 33.4 Å². The summed E-state index contributed by atoms with van der Waals surface area (Å²) in [6, 6.07) is 83.0. The molecule has 1 spiro atoms. The van der Waals surface area contributed by atoms with Crippen LogP contribution in [0.25, 0.3) is 87.6 Å². The highest BCUT2D eigenvalue weighted by Crippen LogP contribution is 2.64. The second-order valence-electron chi connectivity index (χ2n) is 17.1. The molecular weight excluding hydrogens is 763 g/mol. The minimum Gasteiger partial charge on any atom is -0.456 e. The number of fused-ring (bicyclic) bond motifs is 19. The molecule has 1 heterocycles. The molecule has 63 heavy (non-hydrogen) atoms.